The van der Waals surface area contributed by atoms with E-state index >= 15 is 0 Å². The smallest absolute Gasteiger partial charge is 0.270 e. The summed E-state index contributed by atoms with van der Waals surface area (Å²) in [7, 11) is 0. The van der Waals surface area contributed by atoms with Crippen molar-refractivity contribution in [2.45, 2.75) is 0 Å². The van der Waals surface area contributed by atoms with E-state index in [0.717, 1.165) is 17.2 Å². The maximum absolute atomic E-state index is 12.0. The predicted octanol–water partition coefficient (Wildman–Crippen LogP) is 1.56. The molecular weight excluding hydrogens is 276 g/mol. The van der Waals surface area contributed by atoms with E-state index in [2.05, 4.69) is 20.0 Å². The maximum Gasteiger partial charge on any atom is 0.270 e. The van der Waals surface area contributed by atoms with E-state index in [-0.39, 0.29) is 5.91 Å². The number of carbonyl (C=O) groups is 1. The van der Waals surface area contributed by atoms with Gasteiger partial charge >= 0.3 is 0 Å². The Bertz CT molecular complexity index is 719. The molecule has 0 radical (unpaired) electrons. The first-order valence-electron chi connectivity index (χ1n) is 5.73. The molecule has 0 fully saturated rings. The fourth-order valence-corrected chi connectivity index (χ4v) is 2.07. The van der Waals surface area contributed by atoms with Crippen molar-refractivity contribution < 1.29 is 4.79 Å². The molecule has 8 heteroatoms. The molecule has 3 rings (SSSR count). The van der Waals surface area contributed by atoms with Crippen LogP contribution in [0, 0.1) is 0 Å². The maximum atomic E-state index is 12.0. The van der Waals surface area contributed by atoms with Crippen LogP contribution in [-0.4, -0.2) is 25.3 Å². The van der Waals surface area contributed by atoms with Crippen molar-refractivity contribution in [2.24, 2.45) is 0 Å². The van der Waals surface area contributed by atoms with E-state index < -0.39 is 0 Å². The molecule has 1 aromatic carbocycles. The van der Waals surface area contributed by atoms with Crippen LogP contribution in [0.15, 0.2) is 42.7 Å². The Labute approximate surface area is 118 Å². The van der Waals surface area contributed by atoms with E-state index in [1.807, 2.05) is 12.1 Å². The van der Waals surface area contributed by atoms with E-state index in [1.165, 1.54) is 6.20 Å². The van der Waals surface area contributed by atoms with Crippen LogP contribution >= 0.6 is 11.5 Å². The molecule has 0 saturated heterocycles. The van der Waals surface area contributed by atoms with Crippen molar-refractivity contribution >= 4 is 28.9 Å². The van der Waals surface area contributed by atoms with E-state index in [9.17, 15) is 4.79 Å². The average molecular weight is 286 g/mol. The Morgan fingerprint density at radius 2 is 2.05 bits per heavy atom. The summed E-state index contributed by atoms with van der Waals surface area (Å²) in [5.74, 6) is 0.297. The minimum atomic E-state index is -0.266. The lowest BCUT2D eigenvalue weighted by atomic mass is 10.3. The largest absolute Gasteiger partial charge is 0.399 e. The number of hydrogen-bond donors (Lipinski definition) is 2. The standard InChI is InChI=1S/C12H10N6OS/c13-8-1-3-9(4-2-8)18-11(5-6-15-18)16-12(19)10-7-14-17-20-10/h1-7H,13H2,(H,16,19). The van der Waals surface area contributed by atoms with Crippen LogP contribution in [0.5, 0.6) is 0 Å². The van der Waals surface area contributed by atoms with Crippen LogP contribution in [0.2, 0.25) is 0 Å². The van der Waals surface area contributed by atoms with Crippen LogP contribution in [-0.2, 0) is 0 Å². The number of anilines is 2. The number of hydrogen-bond acceptors (Lipinski definition) is 6. The van der Waals surface area contributed by atoms with Gasteiger partial charge in [0.2, 0.25) is 0 Å². The molecule has 0 atom stereocenters. The highest BCUT2D eigenvalue weighted by molar-refractivity contribution is 7.07. The van der Waals surface area contributed by atoms with Crippen LogP contribution in [0.1, 0.15) is 9.67 Å². The molecule has 7 nitrogen and oxygen atoms in total. The lowest BCUT2D eigenvalue weighted by Crippen LogP contribution is -2.14. The predicted molar refractivity (Wildman–Crippen MR) is 75.8 cm³/mol. The highest BCUT2D eigenvalue weighted by atomic mass is 32.1. The molecule has 0 unspecified atom stereocenters. The third-order valence-electron chi connectivity index (χ3n) is 2.61. The molecule has 0 aliphatic heterocycles. The lowest BCUT2D eigenvalue weighted by Gasteiger charge is -2.08. The number of nitrogens with one attached hydrogen (secondary N) is 1. The van der Waals surface area contributed by atoms with Crippen LogP contribution in [0.3, 0.4) is 0 Å². The number of nitrogen functional groups attached to an aromatic ring is 1. The molecule has 2 aromatic heterocycles. The molecule has 1 amide bonds. The zero-order valence-corrected chi connectivity index (χ0v) is 11.0. The van der Waals surface area contributed by atoms with Gasteiger partial charge in [0.25, 0.3) is 5.91 Å². The Kier molecular flexibility index (Phi) is 3.13. The first-order valence-corrected chi connectivity index (χ1v) is 6.50. The molecule has 20 heavy (non-hydrogen) atoms. The molecule has 3 N–H and O–H groups in total. The second-order valence-electron chi connectivity index (χ2n) is 3.96. The van der Waals surface area contributed by atoms with Gasteiger partial charge in [0.1, 0.15) is 10.7 Å². The summed E-state index contributed by atoms with van der Waals surface area (Å²) in [5.41, 5.74) is 7.13. The highest BCUT2D eigenvalue weighted by Crippen LogP contribution is 2.17. The molecule has 0 aliphatic carbocycles. The molecule has 0 bridgehead atoms. The molecule has 100 valence electrons. The second kappa shape index (κ2) is 5.10. The quantitative estimate of drug-likeness (QED) is 0.712. The number of benzene rings is 1. The summed E-state index contributed by atoms with van der Waals surface area (Å²) in [5, 5.41) is 10.6. The Hall–Kier alpha value is -2.74. The van der Waals surface area contributed by atoms with E-state index in [0.29, 0.717) is 16.4 Å². The number of amides is 1. The van der Waals surface area contributed by atoms with Gasteiger partial charge in [-0.15, -0.1) is 5.10 Å². The zero-order valence-electron chi connectivity index (χ0n) is 10.2. The van der Waals surface area contributed by atoms with Crippen LogP contribution in [0.4, 0.5) is 11.5 Å². The minimum absolute atomic E-state index is 0.266. The Balaban J connectivity index is 1.87. The van der Waals surface area contributed by atoms with E-state index in [1.54, 1.807) is 29.1 Å². The van der Waals surface area contributed by atoms with Gasteiger partial charge in [-0.25, -0.2) is 4.68 Å². The van der Waals surface area contributed by atoms with Gasteiger partial charge in [-0.1, -0.05) is 4.49 Å². The fourth-order valence-electron chi connectivity index (χ4n) is 1.66. The zero-order chi connectivity index (χ0) is 13.9. The lowest BCUT2D eigenvalue weighted by molar-refractivity contribution is 0.102. The van der Waals surface area contributed by atoms with Crippen LogP contribution < -0.4 is 11.1 Å². The Morgan fingerprint density at radius 3 is 2.75 bits per heavy atom. The van der Waals surface area contributed by atoms with Gasteiger partial charge in [0, 0.05) is 11.8 Å². The monoisotopic (exact) mass is 286 g/mol. The minimum Gasteiger partial charge on any atom is -0.399 e. The topological polar surface area (TPSA) is 98.7 Å². The van der Waals surface area contributed by atoms with Crippen LogP contribution in [0.25, 0.3) is 5.69 Å². The van der Waals surface area contributed by atoms with Gasteiger partial charge < -0.3 is 11.1 Å². The summed E-state index contributed by atoms with van der Waals surface area (Å²) in [6.07, 6.45) is 3.03. The number of nitrogens with zero attached hydrogens (tertiary/aromatic N) is 4. The van der Waals surface area contributed by atoms with Crippen molar-refractivity contribution in [3.63, 3.8) is 0 Å². The van der Waals surface area contributed by atoms with Crippen molar-refractivity contribution in [3.05, 3.63) is 47.6 Å². The first kappa shape index (κ1) is 12.3. The second-order valence-corrected chi connectivity index (χ2v) is 4.74. The number of aromatic nitrogens is 4. The molecule has 0 saturated carbocycles. The number of rotatable bonds is 3. The highest BCUT2D eigenvalue weighted by Gasteiger charge is 2.12. The molecule has 0 aliphatic rings. The SMILES string of the molecule is Nc1ccc(-n2nccc2NC(=O)c2cnns2)cc1. The van der Waals surface area contributed by atoms with E-state index in [4.69, 9.17) is 5.73 Å². The summed E-state index contributed by atoms with van der Waals surface area (Å²) >= 11 is 1.04. The Morgan fingerprint density at radius 1 is 1.25 bits per heavy atom. The number of nitrogens with two attached hydrogens (primary N) is 1. The number of carbonyl (C=O) groups excluding carboxylic acids is 1. The molecule has 2 heterocycles. The van der Waals surface area contributed by atoms with Gasteiger partial charge in [0.15, 0.2) is 0 Å². The van der Waals surface area contributed by atoms with Crippen molar-refractivity contribution in [3.8, 4) is 5.69 Å². The summed E-state index contributed by atoms with van der Waals surface area (Å²) < 4.78 is 5.27. The summed E-state index contributed by atoms with van der Waals surface area (Å²) in [6, 6.07) is 8.91. The van der Waals surface area contributed by atoms with Crippen molar-refractivity contribution in [1.82, 2.24) is 19.4 Å². The van der Waals surface area contributed by atoms with Gasteiger partial charge in [-0.2, -0.15) is 5.10 Å². The fraction of sp³-hybridized carbons (Fsp3) is 0. The third kappa shape index (κ3) is 2.36. The summed E-state index contributed by atoms with van der Waals surface area (Å²) in [4.78, 5) is 12.4. The molecule has 0 spiro atoms. The first-order chi connectivity index (χ1) is 9.74. The normalized spacial score (nSPS) is 10.4. The third-order valence-corrected chi connectivity index (χ3v) is 3.27. The van der Waals surface area contributed by atoms with Gasteiger partial charge in [-0.3, -0.25) is 4.79 Å². The van der Waals surface area contributed by atoms with Crippen molar-refractivity contribution in [2.75, 3.05) is 11.1 Å². The molecular formula is C12H10N6OS. The van der Waals surface area contributed by atoms with Gasteiger partial charge in [-0.05, 0) is 35.8 Å². The molecule has 3 aromatic rings. The summed E-state index contributed by atoms with van der Waals surface area (Å²) in [6.45, 7) is 0. The average Bonchev–Trinajstić information content (AvgIpc) is 3.10. The van der Waals surface area contributed by atoms with Gasteiger partial charge in [0.05, 0.1) is 18.1 Å². The van der Waals surface area contributed by atoms with Crippen molar-refractivity contribution in [1.29, 1.82) is 0 Å².